The van der Waals surface area contributed by atoms with Gasteiger partial charge in [0.25, 0.3) is 0 Å². The summed E-state index contributed by atoms with van der Waals surface area (Å²) in [6, 6.07) is 0. The van der Waals surface area contributed by atoms with Gasteiger partial charge in [-0.3, -0.25) is 9.69 Å². The third-order valence-corrected chi connectivity index (χ3v) is 1.80. The van der Waals surface area contributed by atoms with Gasteiger partial charge in [-0.05, 0) is 20.0 Å². The minimum absolute atomic E-state index is 0.162. The summed E-state index contributed by atoms with van der Waals surface area (Å²) in [5, 5.41) is 3.05. The zero-order valence-corrected chi connectivity index (χ0v) is 8.80. The van der Waals surface area contributed by atoms with Crippen molar-refractivity contribution in [3.05, 3.63) is 0 Å². The first-order valence-electron chi connectivity index (χ1n) is 4.68. The topological polar surface area (TPSA) is 41.6 Å². The number of nitrogens with zero attached hydrogens (tertiary/aromatic N) is 1. The Labute approximate surface area is 80.2 Å². The molecule has 13 heavy (non-hydrogen) atoms. The van der Waals surface area contributed by atoms with Crippen molar-refractivity contribution in [2.75, 3.05) is 40.3 Å². The van der Waals surface area contributed by atoms with Crippen LogP contribution in [-0.4, -0.2) is 51.2 Å². The van der Waals surface area contributed by atoms with Gasteiger partial charge < -0.3 is 10.1 Å². The maximum atomic E-state index is 11.0. The third-order valence-electron chi connectivity index (χ3n) is 1.80. The number of ether oxygens (including phenoxy) is 1. The summed E-state index contributed by atoms with van der Waals surface area (Å²) in [5.74, 6) is -0.162. The number of carbonyl (C=O) groups excluding carboxylic acids is 1. The van der Waals surface area contributed by atoms with Gasteiger partial charge in [0.15, 0.2) is 0 Å². The van der Waals surface area contributed by atoms with Gasteiger partial charge in [0.2, 0.25) is 0 Å². The molecule has 0 saturated heterocycles. The molecular weight excluding hydrogens is 168 g/mol. The zero-order chi connectivity index (χ0) is 10.1. The van der Waals surface area contributed by atoms with E-state index in [-0.39, 0.29) is 5.97 Å². The Morgan fingerprint density at radius 3 is 2.62 bits per heavy atom. The van der Waals surface area contributed by atoms with Crippen LogP contribution in [0, 0.1) is 0 Å². The molecule has 0 unspecified atom stereocenters. The minimum atomic E-state index is -0.162. The fourth-order valence-electron chi connectivity index (χ4n) is 1.10. The molecule has 0 amide bonds. The Morgan fingerprint density at radius 2 is 2.15 bits per heavy atom. The average molecular weight is 188 g/mol. The predicted octanol–water partition coefficient (Wildman–Crippen LogP) is 0.0908. The second-order valence-corrected chi connectivity index (χ2v) is 2.96. The average Bonchev–Trinajstić information content (AvgIpc) is 2.14. The quantitative estimate of drug-likeness (QED) is 0.575. The van der Waals surface area contributed by atoms with Crippen molar-refractivity contribution < 1.29 is 9.53 Å². The molecule has 0 aliphatic rings. The molecular formula is C9H20N2O2. The Bertz CT molecular complexity index is 140. The van der Waals surface area contributed by atoms with E-state index in [9.17, 15) is 4.79 Å². The molecule has 4 heteroatoms. The largest absolute Gasteiger partial charge is 0.468 e. The van der Waals surface area contributed by atoms with Gasteiger partial charge in [-0.25, -0.2) is 0 Å². The van der Waals surface area contributed by atoms with Crippen molar-refractivity contribution in [1.29, 1.82) is 0 Å². The molecule has 1 N–H and O–H groups in total. The Balaban J connectivity index is 3.71. The number of likely N-dealkylation sites (N-methyl/N-ethyl adjacent to an activating group) is 1. The molecule has 0 fully saturated rings. The van der Waals surface area contributed by atoms with Gasteiger partial charge in [-0.2, -0.15) is 0 Å². The monoisotopic (exact) mass is 188 g/mol. The second-order valence-electron chi connectivity index (χ2n) is 2.96. The molecule has 0 aliphatic heterocycles. The maximum Gasteiger partial charge on any atom is 0.319 e. The lowest BCUT2D eigenvalue weighted by Gasteiger charge is -2.19. The molecule has 0 atom stereocenters. The van der Waals surface area contributed by atoms with Crippen molar-refractivity contribution in [1.82, 2.24) is 10.2 Å². The normalized spacial score (nSPS) is 10.5. The van der Waals surface area contributed by atoms with Crippen molar-refractivity contribution in [2.45, 2.75) is 13.3 Å². The predicted molar refractivity (Wildman–Crippen MR) is 52.7 cm³/mol. The van der Waals surface area contributed by atoms with Gasteiger partial charge >= 0.3 is 5.97 Å². The van der Waals surface area contributed by atoms with Crippen LogP contribution in [0.1, 0.15) is 13.3 Å². The highest BCUT2D eigenvalue weighted by molar-refractivity contribution is 5.71. The van der Waals surface area contributed by atoms with Crippen LogP contribution in [0.4, 0.5) is 0 Å². The minimum Gasteiger partial charge on any atom is -0.468 e. The van der Waals surface area contributed by atoms with E-state index in [2.05, 4.69) is 21.9 Å². The van der Waals surface area contributed by atoms with Gasteiger partial charge in [0.05, 0.1) is 13.7 Å². The van der Waals surface area contributed by atoms with Crippen molar-refractivity contribution in [3.8, 4) is 0 Å². The lowest BCUT2D eigenvalue weighted by Crippen LogP contribution is -2.36. The number of hydrogen-bond acceptors (Lipinski definition) is 4. The number of carbonyl (C=O) groups is 1. The fourth-order valence-corrected chi connectivity index (χ4v) is 1.10. The van der Waals surface area contributed by atoms with Crippen LogP contribution in [0.15, 0.2) is 0 Å². The highest BCUT2D eigenvalue weighted by atomic mass is 16.5. The van der Waals surface area contributed by atoms with E-state index in [4.69, 9.17) is 0 Å². The number of rotatable bonds is 7. The first-order valence-corrected chi connectivity index (χ1v) is 4.68. The molecule has 0 aromatic rings. The lowest BCUT2D eigenvalue weighted by molar-refractivity contribution is -0.141. The summed E-state index contributed by atoms with van der Waals surface area (Å²) in [6.07, 6.45) is 1.06. The molecule has 0 spiro atoms. The highest BCUT2D eigenvalue weighted by Gasteiger charge is 2.08. The summed E-state index contributed by atoms with van der Waals surface area (Å²) in [6.45, 7) is 5.23. The summed E-state index contributed by atoms with van der Waals surface area (Å²) in [7, 11) is 3.33. The third kappa shape index (κ3) is 6.54. The van der Waals surface area contributed by atoms with Crippen molar-refractivity contribution >= 4 is 5.97 Å². The standard InChI is InChI=1S/C9H20N2O2/c1-4-6-11(7-5-10-2)8-9(12)13-3/h10H,4-8H2,1-3H3. The van der Waals surface area contributed by atoms with Crippen LogP contribution in [-0.2, 0) is 9.53 Å². The molecule has 0 aromatic carbocycles. The zero-order valence-electron chi connectivity index (χ0n) is 8.80. The first-order chi connectivity index (χ1) is 6.24. The molecule has 0 aliphatic carbocycles. The Morgan fingerprint density at radius 1 is 1.46 bits per heavy atom. The smallest absolute Gasteiger partial charge is 0.319 e. The lowest BCUT2D eigenvalue weighted by atomic mass is 10.4. The molecule has 0 bridgehead atoms. The molecule has 78 valence electrons. The van der Waals surface area contributed by atoms with Crippen LogP contribution in [0.3, 0.4) is 0 Å². The van der Waals surface area contributed by atoms with Crippen molar-refractivity contribution in [2.24, 2.45) is 0 Å². The number of esters is 1. The molecule has 0 heterocycles. The van der Waals surface area contributed by atoms with E-state index < -0.39 is 0 Å². The molecule has 0 rings (SSSR count). The first kappa shape index (κ1) is 12.4. The van der Waals surface area contributed by atoms with Crippen LogP contribution in [0.2, 0.25) is 0 Å². The van der Waals surface area contributed by atoms with E-state index in [0.29, 0.717) is 6.54 Å². The second kappa shape index (κ2) is 8.01. The van der Waals surface area contributed by atoms with Crippen LogP contribution >= 0.6 is 0 Å². The summed E-state index contributed by atoms with van der Waals surface area (Å²) in [4.78, 5) is 13.1. The molecule has 0 aromatic heterocycles. The van der Waals surface area contributed by atoms with Crippen molar-refractivity contribution in [3.63, 3.8) is 0 Å². The van der Waals surface area contributed by atoms with Gasteiger partial charge in [-0.15, -0.1) is 0 Å². The van der Waals surface area contributed by atoms with Gasteiger partial charge in [-0.1, -0.05) is 6.92 Å². The van der Waals surface area contributed by atoms with E-state index in [1.165, 1.54) is 7.11 Å². The maximum absolute atomic E-state index is 11.0. The van der Waals surface area contributed by atoms with E-state index >= 15 is 0 Å². The summed E-state index contributed by atoms with van der Waals surface area (Å²) in [5.41, 5.74) is 0. The van der Waals surface area contributed by atoms with Gasteiger partial charge in [0, 0.05) is 13.1 Å². The Kier molecular flexibility index (Phi) is 7.63. The summed E-state index contributed by atoms with van der Waals surface area (Å²) >= 11 is 0. The fraction of sp³-hybridized carbons (Fsp3) is 0.889. The Hall–Kier alpha value is -0.610. The van der Waals surface area contributed by atoms with Crippen LogP contribution in [0.25, 0.3) is 0 Å². The molecule has 0 radical (unpaired) electrons. The van der Waals surface area contributed by atoms with Crippen LogP contribution < -0.4 is 5.32 Å². The van der Waals surface area contributed by atoms with E-state index in [1.54, 1.807) is 0 Å². The van der Waals surface area contributed by atoms with Crippen LogP contribution in [0.5, 0.6) is 0 Å². The summed E-state index contributed by atoms with van der Waals surface area (Å²) < 4.78 is 4.61. The number of methoxy groups -OCH3 is 1. The molecule has 4 nitrogen and oxygen atoms in total. The highest BCUT2D eigenvalue weighted by Crippen LogP contribution is 1.91. The number of hydrogen-bond donors (Lipinski definition) is 1. The molecule has 0 saturated carbocycles. The van der Waals surface area contributed by atoms with E-state index in [1.807, 2.05) is 7.05 Å². The SMILES string of the molecule is CCCN(CCNC)CC(=O)OC. The van der Waals surface area contributed by atoms with E-state index in [0.717, 1.165) is 26.1 Å². The van der Waals surface area contributed by atoms with Gasteiger partial charge in [0.1, 0.15) is 0 Å². The number of nitrogens with one attached hydrogen (secondary N) is 1.